The fraction of sp³-hybridized carbons (Fsp3) is 0.100. The average molecular weight is 352 g/mol. The van der Waals surface area contributed by atoms with Crippen LogP contribution in [-0.2, 0) is 19.1 Å². The number of carbonyl (C=O) groups is 2. The Bertz CT molecular complexity index is 780. The van der Waals surface area contributed by atoms with Crippen LogP contribution in [0.4, 0.5) is 11.4 Å². The van der Waals surface area contributed by atoms with E-state index in [9.17, 15) is 9.59 Å². The minimum absolute atomic E-state index is 0.0532. The lowest BCUT2D eigenvalue weighted by molar-refractivity contribution is -0.157. The highest BCUT2D eigenvalue weighted by Gasteiger charge is 2.17. The van der Waals surface area contributed by atoms with Crippen LogP contribution in [0.15, 0.2) is 60.7 Å². The van der Waals surface area contributed by atoms with Gasteiger partial charge in [0.15, 0.2) is 0 Å². The van der Waals surface area contributed by atoms with Gasteiger partial charge in [0.1, 0.15) is 6.61 Å². The van der Waals surface area contributed by atoms with Gasteiger partial charge in [-0.1, -0.05) is 36.4 Å². The van der Waals surface area contributed by atoms with Gasteiger partial charge in [-0.2, -0.15) is 0 Å². The van der Waals surface area contributed by atoms with Gasteiger partial charge in [0, 0.05) is 11.4 Å². The number of hydrogen-bond donors (Lipinski definition) is 2. The molecule has 0 fully saturated rings. The molecule has 2 rings (SSSR count). The minimum Gasteiger partial charge on any atom is -0.458 e. The predicted octanol–water partition coefficient (Wildman–Crippen LogP) is 2.66. The normalized spacial score (nSPS) is 12.2. The Kier molecular flexibility index (Phi) is 7.00. The molecule has 4 N–H and O–H groups in total. The van der Waals surface area contributed by atoms with Crippen LogP contribution in [0.25, 0.3) is 12.2 Å². The summed E-state index contributed by atoms with van der Waals surface area (Å²) in [6.45, 7) is 0.265. The summed E-state index contributed by atoms with van der Waals surface area (Å²) < 4.78 is 9.88. The van der Waals surface area contributed by atoms with Crippen LogP contribution in [0.5, 0.6) is 0 Å². The van der Waals surface area contributed by atoms with Crippen molar-refractivity contribution in [3.8, 4) is 0 Å². The smallest absolute Gasteiger partial charge is 0.351 e. The largest absolute Gasteiger partial charge is 0.458 e. The second-order valence-electron chi connectivity index (χ2n) is 5.38. The zero-order chi connectivity index (χ0) is 18.8. The van der Waals surface area contributed by atoms with Crippen LogP contribution in [0.1, 0.15) is 11.1 Å². The second-order valence-corrected chi connectivity index (χ2v) is 5.38. The number of benzene rings is 2. The molecular formula is C20H20N2O4. The summed E-state index contributed by atoms with van der Waals surface area (Å²) in [5, 5.41) is 0. The topological polar surface area (TPSA) is 105 Å². The summed E-state index contributed by atoms with van der Waals surface area (Å²) in [5.41, 5.74) is 14.3. The van der Waals surface area contributed by atoms with Gasteiger partial charge < -0.3 is 20.9 Å². The number of esters is 1. The van der Waals surface area contributed by atoms with Crippen molar-refractivity contribution >= 4 is 36.0 Å². The van der Waals surface area contributed by atoms with E-state index in [0.717, 1.165) is 11.1 Å². The summed E-state index contributed by atoms with van der Waals surface area (Å²) in [4.78, 5) is 22.7. The van der Waals surface area contributed by atoms with Crippen molar-refractivity contribution in [3.05, 3.63) is 71.8 Å². The van der Waals surface area contributed by atoms with Crippen LogP contribution < -0.4 is 11.5 Å². The summed E-state index contributed by atoms with van der Waals surface area (Å²) in [6, 6.07) is 14.3. The third-order valence-corrected chi connectivity index (χ3v) is 3.40. The molecule has 1 atom stereocenters. The molecular weight excluding hydrogens is 332 g/mol. The van der Waals surface area contributed by atoms with E-state index in [2.05, 4.69) is 0 Å². The molecule has 0 bridgehead atoms. The molecule has 0 saturated carbocycles. The van der Waals surface area contributed by atoms with Gasteiger partial charge in [-0.15, -0.1) is 0 Å². The first-order valence-electron chi connectivity index (χ1n) is 7.90. The van der Waals surface area contributed by atoms with Crippen LogP contribution in [0.3, 0.4) is 0 Å². The Morgan fingerprint density at radius 2 is 1.46 bits per heavy atom. The summed E-state index contributed by atoms with van der Waals surface area (Å²) in [5.74, 6) is -0.661. The van der Waals surface area contributed by atoms with Crippen molar-refractivity contribution in [1.29, 1.82) is 0 Å². The van der Waals surface area contributed by atoms with Gasteiger partial charge in [-0.05, 0) is 47.5 Å². The van der Waals surface area contributed by atoms with Crippen molar-refractivity contribution in [2.75, 3.05) is 18.1 Å². The van der Waals surface area contributed by atoms with Crippen LogP contribution in [0, 0.1) is 0 Å². The third-order valence-electron chi connectivity index (χ3n) is 3.40. The van der Waals surface area contributed by atoms with E-state index >= 15 is 0 Å². The Morgan fingerprint density at radius 1 is 0.923 bits per heavy atom. The number of hydrogen-bond acceptors (Lipinski definition) is 6. The first kappa shape index (κ1) is 18.8. The van der Waals surface area contributed by atoms with Gasteiger partial charge >= 0.3 is 5.97 Å². The lowest BCUT2D eigenvalue weighted by Gasteiger charge is -2.09. The number of carbonyl (C=O) groups excluding carboxylic acids is 2. The van der Waals surface area contributed by atoms with Gasteiger partial charge in [0.05, 0.1) is 0 Å². The molecule has 0 amide bonds. The maximum Gasteiger partial charge on any atom is 0.351 e. The number of nitrogen functional groups attached to an aromatic ring is 2. The molecule has 134 valence electrons. The summed E-state index contributed by atoms with van der Waals surface area (Å²) in [6.07, 6.45) is 5.47. The Hall–Kier alpha value is -3.54. The number of anilines is 2. The van der Waals surface area contributed by atoms with E-state index in [0.29, 0.717) is 11.4 Å². The molecule has 0 aliphatic carbocycles. The van der Waals surface area contributed by atoms with Gasteiger partial charge in [-0.3, -0.25) is 4.79 Å². The molecule has 0 saturated heterocycles. The molecule has 0 spiro atoms. The quantitative estimate of drug-likeness (QED) is 0.430. The van der Waals surface area contributed by atoms with Crippen molar-refractivity contribution in [3.63, 3.8) is 0 Å². The molecule has 0 heterocycles. The minimum atomic E-state index is -1.12. The van der Waals surface area contributed by atoms with E-state index in [1.165, 1.54) is 6.08 Å². The molecule has 2 aromatic rings. The highest BCUT2D eigenvalue weighted by molar-refractivity contribution is 5.79. The van der Waals surface area contributed by atoms with Crippen molar-refractivity contribution in [1.82, 2.24) is 0 Å². The van der Waals surface area contributed by atoms with Gasteiger partial charge in [0.2, 0.25) is 6.10 Å². The SMILES string of the molecule is Nc1ccc(C=CCOC(=O)C(C=Cc2ccc(N)cc2)OC=O)cc1. The fourth-order valence-corrected chi connectivity index (χ4v) is 2.05. The fourth-order valence-electron chi connectivity index (χ4n) is 2.05. The molecule has 0 radical (unpaired) electrons. The maximum absolute atomic E-state index is 12.0. The summed E-state index contributed by atoms with van der Waals surface area (Å²) >= 11 is 0. The first-order valence-corrected chi connectivity index (χ1v) is 7.90. The van der Waals surface area contributed by atoms with Crippen LogP contribution in [0.2, 0.25) is 0 Å². The Labute approximate surface area is 151 Å². The van der Waals surface area contributed by atoms with Crippen molar-refractivity contribution < 1.29 is 19.1 Å². The maximum atomic E-state index is 12.0. The highest BCUT2D eigenvalue weighted by atomic mass is 16.6. The van der Waals surface area contributed by atoms with E-state index in [-0.39, 0.29) is 13.1 Å². The van der Waals surface area contributed by atoms with E-state index in [1.54, 1.807) is 54.6 Å². The molecule has 26 heavy (non-hydrogen) atoms. The molecule has 6 heteroatoms. The van der Waals surface area contributed by atoms with Gasteiger partial charge in [-0.25, -0.2) is 4.79 Å². The average Bonchev–Trinajstić information content (AvgIpc) is 2.65. The molecule has 0 aliphatic heterocycles. The molecule has 1 unspecified atom stereocenters. The first-order chi connectivity index (χ1) is 12.6. The zero-order valence-electron chi connectivity index (χ0n) is 14.1. The lowest BCUT2D eigenvalue weighted by Crippen LogP contribution is -2.24. The van der Waals surface area contributed by atoms with Crippen molar-refractivity contribution in [2.24, 2.45) is 0 Å². The number of ether oxygens (including phenoxy) is 2. The standard InChI is InChI=1S/C20H20N2O4/c21-17-8-3-15(4-9-17)2-1-13-25-20(24)19(26-14-23)12-7-16-5-10-18(22)11-6-16/h1-12,14,19H,13,21-22H2. The van der Waals surface area contributed by atoms with E-state index in [4.69, 9.17) is 20.9 Å². The second kappa shape index (κ2) is 9.68. The van der Waals surface area contributed by atoms with Crippen LogP contribution in [-0.4, -0.2) is 25.2 Å². The summed E-state index contributed by atoms with van der Waals surface area (Å²) in [7, 11) is 0. The Morgan fingerprint density at radius 3 is 2.00 bits per heavy atom. The lowest BCUT2D eigenvalue weighted by atomic mass is 10.1. The molecule has 2 aromatic carbocycles. The predicted molar refractivity (Wildman–Crippen MR) is 102 cm³/mol. The highest BCUT2D eigenvalue weighted by Crippen LogP contribution is 2.09. The molecule has 6 nitrogen and oxygen atoms in total. The van der Waals surface area contributed by atoms with Crippen LogP contribution >= 0.6 is 0 Å². The monoisotopic (exact) mass is 352 g/mol. The molecule has 0 aromatic heterocycles. The Balaban J connectivity index is 1.89. The number of rotatable bonds is 8. The molecule has 0 aliphatic rings. The number of nitrogens with two attached hydrogens (primary N) is 2. The van der Waals surface area contributed by atoms with E-state index < -0.39 is 12.1 Å². The van der Waals surface area contributed by atoms with E-state index in [1.807, 2.05) is 12.1 Å². The van der Waals surface area contributed by atoms with Crippen molar-refractivity contribution in [2.45, 2.75) is 6.10 Å². The van der Waals surface area contributed by atoms with Gasteiger partial charge in [0.25, 0.3) is 6.47 Å². The third kappa shape index (κ3) is 6.16. The zero-order valence-corrected chi connectivity index (χ0v) is 14.1.